The lowest BCUT2D eigenvalue weighted by atomic mass is 10.1. The maximum Gasteiger partial charge on any atom is 0.241 e. The molecule has 1 aromatic heterocycles. The Hall–Kier alpha value is -0.870. The summed E-state index contributed by atoms with van der Waals surface area (Å²) >= 11 is 1.69. The molecule has 100 valence electrons. The van der Waals surface area contributed by atoms with Gasteiger partial charge in [0.05, 0.1) is 6.04 Å². The summed E-state index contributed by atoms with van der Waals surface area (Å²) in [5.41, 5.74) is 1.22. The summed E-state index contributed by atoms with van der Waals surface area (Å²) < 4.78 is 0. The first-order valence-corrected chi connectivity index (χ1v) is 7.80. The Balaban J connectivity index is 2.10. The summed E-state index contributed by atoms with van der Waals surface area (Å²) in [7, 11) is 0. The van der Waals surface area contributed by atoms with Crippen LogP contribution in [0, 0.1) is 0 Å². The van der Waals surface area contributed by atoms with E-state index >= 15 is 0 Å². The van der Waals surface area contributed by atoms with Crippen LogP contribution in [0.25, 0.3) is 0 Å². The first-order chi connectivity index (χ1) is 8.77. The number of hydrogen-bond donors (Lipinski definition) is 1. The summed E-state index contributed by atoms with van der Waals surface area (Å²) in [6.07, 6.45) is 4.30. The van der Waals surface area contributed by atoms with Gasteiger partial charge in [0.2, 0.25) is 5.91 Å². The van der Waals surface area contributed by atoms with Gasteiger partial charge in [0, 0.05) is 6.54 Å². The van der Waals surface area contributed by atoms with Gasteiger partial charge in [-0.1, -0.05) is 26.7 Å². The Morgan fingerprint density at radius 3 is 2.83 bits per heavy atom. The minimum Gasteiger partial charge on any atom is -0.322 e. The maximum absolute atomic E-state index is 12.4. The van der Waals surface area contributed by atoms with E-state index in [4.69, 9.17) is 0 Å². The lowest BCUT2D eigenvalue weighted by molar-refractivity contribution is -0.130. The quantitative estimate of drug-likeness (QED) is 0.858. The third-order valence-corrected chi connectivity index (χ3v) is 4.12. The Labute approximate surface area is 113 Å². The van der Waals surface area contributed by atoms with E-state index in [-0.39, 0.29) is 18.1 Å². The van der Waals surface area contributed by atoms with Gasteiger partial charge in [-0.2, -0.15) is 11.3 Å². The van der Waals surface area contributed by atoms with Crippen LogP contribution in [-0.4, -0.2) is 23.4 Å². The van der Waals surface area contributed by atoms with E-state index in [9.17, 15) is 4.79 Å². The Kier molecular flexibility index (Phi) is 4.78. The third-order valence-electron chi connectivity index (χ3n) is 3.42. The van der Waals surface area contributed by atoms with Crippen LogP contribution >= 0.6 is 11.3 Å². The van der Waals surface area contributed by atoms with Crippen LogP contribution in [0.15, 0.2) is 16.8 Å². The van der Waals surface area contributed by atoms with Crippen LogP contribution in [0.4, 0.5) is 0 Å². The zero-order valence-corrected chi connectivity index (χ0v) is 12.0. The molecule has 2 heterocycles. The first kappa shape index (κ1) is 13.6. The van der Waals surface area contributed by atoms with Crippen LogP contribution in [0.1, 0.15) is 51.3 Å². The Morgan fingerprint density at radius 1 is 1.39 bits per heavy atom. The van der Waals surface area contributed by atoms with Crippen LogP contribution < -0.4 is 5.32 Å². The summed E-state index contributed by atoms with van der Waals surface area (Å²) in [5.74, 6) is 0.279. The fraction of sp³-hybridized carbons (Fsp3) is 0.643. The van der Waals surface area contributed by atoms with Gasteiger partial charge < -0.3 is 4.90 Å². The van der Waals surface area contributed by atoms with E-state index in [1.807, 2.05) is 4.90 Å². The van der Waals surface area contributed by atoms with Crippen LogP contribution in [0.5, 0.6) is 0 Å². The van der Waals surface area contributed by atoms with Crippen molar-refractivity contribution >= 4 is 17.2 Å². The van der Waals surface area contributed by atoms with Gasteiger partial charge in [-0.15, -0.1) is 0 Å². The van der Waals surface area contributed by atoms with Gasteiger partial charge >= 0.3 is 0 Å². The highest BCUT2D eigenvalue weighted by Crippen LogP contribution is 2.28. The average molecular weight is 266 g/mol. The number of nitrogens with one attached hydrogen (secondary N) is 1. The lowest BCUT2D eigenvalue weighted by Gasteiger charge is -2.22. The number of carbonyl (C=O) groups is 1. The molecule has 18 heavy (non-hydrogen) atoms. The van der Waals surface area contributed by atoms with Crippen molar-refractivity contribution in [2.45, 2.75) is 51.7 Å². The van der Waals surface area contributed by atoms with E-state index in [0.29, 0.717) is 0 Å². The molecule has 0 saturated carbocycles. The molecule has 0 aliphatic carbocycles. The highest BCUT2D eigenvalue weighted by molar-refractivity contribution is 7.07. The second kappa shape index (κ2) is 6.34. The van der Waals surface area contributed by atoms with Gasteiger partial charge in [0.1, 0.15) is 6.17 Å². The molecule has 2 unspecified atom stereocenters. The molecule has 4 heteroatoms. The second-order valence-corrected chi connectivity index (χ2v) is 5.63. The lowest BCUT2D eigenvalue weighted by Crippen LogP contribution is -2.31. The number of rotatable bonds is 6. The van der Waals surface area contributed by atoms with Gasteiger partial charge in [0.25, 0.3) is 0 Å². The van der Waals surface area contributed by atoms with Crippen LogP contribution in [-0.2, 0) is 4.79 Å². The number of amides is 1. The molecule has 2 rings (SSSR count). The zero-order chi connectivity index (χ0) is 13.0. The van der Waals surface area contributed by atoms with Crippen molar-refractivity contribution in [3.05, 3.63) is 22.4 Å². The van der Waals surface area contributed by atoms with Crippen molar-refractivity contribution in [1.29, 1.82) is 0 Å². The molecule has 1 aliphatic rings. The smallest absolute Gasteiger partial charge is 0.241 e. The monoisotopic (exact) mass is 266 g/mol. The van der Waals surface area contributed by atoms with Gasteiger partial charge in [0.15, 0.2) is 0 Å². The van der Waals surface area contributed by atoms with Gasteiger partial charge in [-0.3, -0.25) is 10.1 Å². The normalized spacial score (nSPS) is 23.9. The number of hydrogen-bond acceptors (Lipinski definition) is 3. The van der Waals surface area contributed by atoms with E-state index in [2.05, 4.69) is 36.0 Å². The molecule has 1 fully saturated rings. The molecule has 1 N–H and O–H groups in total. The predicted octanol–water partition coefficient (Wildman–Crippen LogP) is 3.15. The third kappa shape index (κ3) is 2.75. The highest BCUT2D eigenvalue weighted by atomic mass is 32.1. The van der Waals surface area contributed by atoms with E-state index in [1.54, 1.807) is 11.3 Å². The van der Waals surface area contributed by atoms with Crippen LogP contribution in [0.3, 0.4) is 0 Å². The summed E-state index contributed by atoms with van der Waals surface area (Å²) in [6.45, 7) is 5.13. The topological polar surface area (TPSA) is 32.3 Å². The first-order valence-electron chi connectivity index (χ1n) is 6.86. The molecule has 1 aliphatic heterocycles. The molecule has 3 nitrogen and oxygen atoms in total. The zero-order valence-electron chi connectivity index (χ0n) is 11.2. The van der Waals surface area contributed by atoms with E-state index in [0.717, 1.165) is 32.2 Å². The second-order valence-electron chi connectivity index (χ2n) is 4.85. The van der Waals surface area contributed by atoms with Gasteiger partial charge in [-0.05, 0) is 35.2 Å². The molecule has 1 amide bonds. The fourth-order valence-corrected chi connectivity index (χ4v) is 3.16. The SMILES string of the molecule is CCCCC1NC(c2ccsc2)N(CCC)C1=O. The van der Waals surface area contributed by atoms with Crippen molar-refractivity contribution in [1.82, 2.24) is 10.2 Å². The van der Waals surface area contributed by atoms with Crippen LogP contribution in [0.2, 0.25) is 0 Å². The predicted molar refractivity (Wildman–Crippen MR) is 75.5 cm³/mol. The van der Waals surface area contributed by atoms with Crippen molar-refractivity contribution in [2.24, 2.45) is 0 Å². The van der Waals surface area contributed by atoms with E-state index < -0.39 is 0 Å². The molecule has 1 saturated heterocycles. The molecular formula is C14H22N2OS. The summed E-state index contributed by atoms with van der Waals surface area (Å²) in [5, 5.41) is 7.70. The fourth-order valence-electron chi connectivity index (χ4n) is 2.48. The van der Waals surface area contributed by atoms with Gasteiger partial charge in [-0.25, -0.2) is 0 Å². The van der Waals surface area contributed by atoms with Crippen molar-refractivity contribution in [3.63, 3.8) is 0 Å². The molecule has 0 aromatic carbocycles. The minimum atomic E-state index is 0.0152. The molecule has 1 aromatic rings. The Morgan fingerprint density at radius 2 is 2.22 bits per heavy atom. The number of nitrogens with zero attached hydrogens (tertiary/aromatic N) is 1. The van der Waals surface area contributed by atoms with Crippen molar-refractivity contribution in [2.75, 3.05) is 6.54 Å². The molecule has 0 radical (unpaired) electrons. The standard InChI is InChI=1S/C14H22N2OS/c1-3-5-6-12-14(17)16(8-4-2)13(15-12)11-7-9-18-10-11/h7,9-10,12-13,15H,3-6,8H2,1-2H3. The largest absolute Gasteiger partial charge is 0.322 e. The number of carbonyl (C=O) groups excluding carboxylic acids is 1. The minimum absolute atomic E-state index is 0.0152. The summed E-state index contributed by atoms with van der Waals surface area (Å²) in [6, 6.07) is 2.13. The maximum atomic E-state index is 12.4. The van der Waals surface area contributed by atoms with Crippen molar-refractivity contribution < 1.29 is 4.79 Å². The number of unbranched alkanes of at least 4 members (excludes halogenated alkanes) is 1. The molecule has 0 bridgehead atoms. The molecule has 0 spiro atoms. The van der Waals surface area contributed by atoms with Crippen molar-refractivity contribution in [3.8, 4) is 0 Å². The van der Waals surface area contributed by atoms with E-state index in [1.165, 1.54) is 5.56 Å². The summed E-state index contributed by atoms with van der Waals surface area (Å²) in [4.78, 5) is 14.4. The molecular weight excluding hydrogens is 244 g/mol. The average Bonchev–Trinajstić information content (AvgIpc) is 2.98. The Bertz CT molecular complexity index is 377. The molecule has 2 atom stereocenters. The highest BCUT2D eigenvalue weighted by Gasteiger charge is 2.38. The number of thiophene rings is 1.